The van der Waals surface area contributed by atoms with E-state index in [0.717, 1.165) is 49.8 Å². The molecule has 0 spiro atoms. The van der Waals surface area contributed by atoms with Gasteiger partial charge in [0.25, 0.3) is 0 Å². The first-order chi connectivity index (χ1) is 14.7. The van der Waals surface area contributed by atoms with E-state index in [1.807, 2.05) is 22.8 Å². The Balaban J connectivity index is 1.29. The van der Waals surface area contributed by atoms with Crippen LogP contribution in [-0.4, -0.2) is 27.0 Å². The third-order valence-electron chi connectivity index (χ3n) is 6.78. The van der Waals surface area contributed by atoms with Crippen molar-refractivity contribution in [3.63, 3.8) is 0 Å². The fourth-order valence-corrected chi connectivity index (χ4v) is 5.19. The minimum Gasteiger partial charge on any atom is -0.306 e. The Kier molecular flexibility index (Phi) is 5.17. The molecule has 4 aromatic rings. The summed E-state index contributed by atoms with van der Waals surface area (Å²) in [6.45, 7) is 4.30. The van der Waals surface area contributed by atoms with Crippen LogP contribution in [0.25, 0.3) is 21.8 Å². The van der Waals surface area contributed by atoms with Crippen molar-refractivity contribution in [3.8, 4) is 0 Å². The van der Waals surface area contributed by atoms with E-state index in [4.69, 9.17) is 0 Å². The second-order valence-electron chi connectivity index (χ2n) is 8.52. The lowest BCUT2D eigenvalue weighted by Gasteiger charge is -2.36. The number of para-hydroxylation sites is 2. The summed E-state index contributed by atoms with van der Waals surface area (Å²) in [4.78, 5) is 18.2. The van der Waals surface area contributed by atoms with E-state index >= 15 is 0 Å². The summed E-state index contributed by atoms with van der Waals surface area (Å²) in [5, 5.41) is 2.61. The number of fused-ring (bicyclic) bond motifs is 2. The van der Waals surface area contributed by atoms with Gasteiger partial charge in [-0.05, 0) is 66.8 Å². The molecule has 30 heavy (non-hydrogen) atoms. The predicted molar refractivity (Wildman–Crippen MR) is 124 cm³/mol. The fourth-order valence-electron chi connectivity index (χ4n) is 5.19. The number of nitrogens with one attached hydrogen (secondary N) is 1. The van der Waals surface area contributed by atoms with Crippen LogP contribution in [-0.2, 0) is 6.54 Å². The molecule has 0 aliphatic heterocycles. The molecule has 0 bridgehead atoms. The van der Waals surface area contributed by atoms with Crippen molar-refractivity contribution in [1.82, 2.24) is 14.5 Å². The highest BCUT2D eigenvalue weighted by atomic mass is 16.1. The van der Waals surface area contributed by atoms with Gasteiger partial charge in [-0.3, -0.25) is 9.47 Å². The van der Waals surface area contributed by atoms with E-state index in [9.17, 15) is 4.79 Å². The van der Waals surface area contributed by atoms with Crippen LogP contribution in [0.3, 0.4) is 0 Å². The van der Waals surface area contributed by atoms with Crippen molar-refractivity contribution >= 4 is 21.8 Å². The number of imidazole rings is 1. The van der Waals surface area contributed by atoms with Crippen molar-refractivity contribution in [3.05, 3.63) is 82.8 Å². The van der Waals surface area contributed by atoms with Crippen LogP contribution in [0.5, 0.6) is 0 Å². The predicted octanol–water partition coefficient (Wildman–Crippen LogP) is 5.49. The highest BCUT2D eigenvalue weighted by Crippen LogP contribution is 2.32. The van der Waals surface area contributed by atoms with Gasteiger partial charge < -0.3 is 4.98 Å². The summed E-state index contributed by atoms with van der Waals surface area (Å²) in [7, 11) is 0. The topological polar surface area (TPSA) is 41.0 Å². The Morgan fingerprint density at radius 3 is 2.47 bits per heavy atom. The first kappa shape index (κ1) is 19.1. The van der Waals surface area contributed by atoms with Gasteiger partial charge in [-0.1, -0.05) is 55.5 Å². The molecule has 1 saturated carbocycles. The number of hydrogen-bond donors (Lipinski definition) is 1. The first-order valence-electron chi connectivity index (χ1n) is 11.1. The summed E-state index contributed by atoms with van der Waals surface area (Å²) in [6, 6.07) is 24.3. The number of aromatic amines is 1. The van der Waals surface area contributed by atoms with E-state index in [0.29, 0.717) is 12.1 Å². The standard InChI is InChI=1S/C26H29N3O/c1-2-28(18-19-11-12-20-7-3-4-8-21(20)17-19)22-13-15-23(16-14-22)29-25-10-6-5-9-24(25)27-26(29)30/h3-12,17,22-23H,2,13-16,18H2,1H3,(H,27,30). The lowest BCUT2D eigenvalue weighted by atomic mass is 9.89. The van der Waals surface area contributed by atoms with Gasteiger partial charge in [0.1, 0.15) is 0 Å². The zero-order valence-electron chi connectivity index (χ0n) is 17.6. The van der Waals surface area contributed by atoms with Crippen molar-refractivity contribution in [1.29, 1.82) is 0 Å². The third kappa shape index (κ3) is 3.56. The van der Waals surface area contributed by atoms with Crippen LogP contribution in [0.2, 0.25) is 0 Å². The van der Waals surface area contributed by atoms with E-state index in [-0.39, 0.29) is 5.69 Å². The third-order valence-corrected chi connectivity index (χ3v) is 6.78. The fraction of sp³-hybridized carbons (Fsp3) is 0.346. The molecule has 5 rings (SSSR count). The summed E-state index contributed by atoms with van der Waals surface area (Å²) >= 11 is 0. The van der Waals surface area contributed by atoms with Gasteiger partial charge in [-0.2, -0.15) is 0 Å². The minimum atomic E-state index is 0.0307. The highest BCUT2D eigenvalue weighted by Gasteiger charge is 2.27. The number of nitrogens with zero attached hydrogens (tertiary/aromatic N) is 2. The van der Waals surface area contributed by atoms with Crippen LogP contribution in [0.4, 0.5) is 0 Å². The van der Waals surface area contributed by atoms with Crippen LogP contribution >= 0.6 is 0 Å². The number of aromatic nitrogens is 2. The number of benzene rings is 3. The summed E-state index contributed by atoms with van der Waals surface area (Å²) in [5.74, 6) is 0. The van der Waals surface area contributed by atoms with Crippen molar-refractivity contribution in [2.45, 2.75) is 51.2 Å². The molecule has 154 valence electrons. The molecule has 0 unspecified atom stereocenters. The van der Waals surface area contributed by atoms with Crippen LogP contribution in [0, 0.1) is 0 Å². The maximum Gasteiger partial charge on any atom is 0.326 e. The van der Waals surface area contributed by atoms with E-state index in [1.165, 1.54) is 16.3 Å². The summed E-state index contributed by atoms with van der Waals surface area (Å²) < 4.78 is 1.99. The molecule has 1 N–H and O–H groups in total. The Hall–Kier alpha value is -2.85. The molecule has 0 atom stereocenters. The monoisotopic (exact) mass is 399 g/mol. The second-order valence-corrected chi connectivity index (χ2v) is 8.52. The normalized spacial score (nSPS) is 19.7. The smallest absolute Gasteiger partial charge is 0.306 e. The van der Waals surface area contributed by atoms with Crippen molar-refractivity contribution in [2.75, 3.05) is 6.54 Å². The summed E-state index contributed by atoms with van der Waals surface area (Å²) in [5.41, 5.74) is 3.39. The molecular weight excluding hydrogens is 370 g/mol. The molecule has 0 radical (unpaired) electrons. The molecule has 1 aromatic heterocycles. The highest BCUT2D eigenvalue weighted by molar-refractivity contribution is 5.83. The molecule has 1 heterocycles. The van der Waals surface area contributed by atoms with E-state index < -0.39 is 0 Å². The molecule has 3 aromatic carbocycles. The van der Waals surface area contributed by atoms with E-state index in [2.05, 4.69) is 65.3 Å². The lowest BCUT2D eigenvalue weighted by molar-refractivity contribution is 0.137. The Morgan fingerprint density at radius 2 is 1.67 bits per heavy atom. The minimum absolute atomic E-state index is 0.0307. The molecular formula is C26H29N3O. The van der Waals surface area contributed by atoms with E-state index in [1.54, 1.807) is 0 Å². The van der Waals surface area contributed by atoms with Gasteiger partial charge in [0.2, 0.25) is 0 Å². The lowest BCUT2D eigenvalue weighted by Crippen LogP contribution is -2.38. The second kappa shape index (κ2) is 8.11. The maximum absolute atomic E-state index is 12.6. The van der Waals surface area contributed by atoms with Gasteiger partial charge in [0, 0.05) is 18.6 Å². The van der Waals surface area contributed by atoms with Gasteiger partial charge in [-0.15, -0.1) is 0 Å². The van der Waals surface area contributed by atoms with Gasteiger partial charge >= 0.3 is 5.69 Å². The number of hydrogen-bond acceptors (Lipinski definition) is 2. The molecule has 0 amide bonds. The first-order valence-corrected chi connectivity index (χ1v) is 11.1. The van der Waals surface area contributed by atoms with Crippen molar-refractivity contribution < 1.29 is 0 Å². The average molecular weight is 400 g/mol. The Bertz CT molecular complexity index is 1210. The molecule has 4 nitrogen and oxygen atoms in total. The number of H-pyrrole nitrogens is 1. The van der Waals surface area contributed by atoms with Gasteiger partial charge in [0.15, 0.2) is 0 Å². The Morgan fingerprint density at radius 1 is 0.933 bits per heavy atom. The number of rotatable bonds is 5. The van der Waals surface area contributed by atoms with Gasteiger partial charge in [-0.25, -0.2) is 4.79 Å². The van der Waals surface area contributed by atoms with Crippen LogP contribution < -0.4 is 5.69 Å². The van der Waals surface area contributed by atoms with Crippen LogP contribution in [0.1, 0.15) is 44.2 Å². The SMILES string of the molecule is CCN(Cc1ccc2ccccc2c1)C1CCC(n2c(=O)[nH]c3ccccc32)CC1. The molecule has 1 aliphatic carbocycles. The van der Waals surface area contributed by atoms with Crippen molar-refractivity contribution in [2.24, 2.45) is 0 Å². The largest absolute Gasteiger partial charge is 0.326 e. The Labute approximate surface area is 177 Å². The molecule has 0 saturated heterocycles. The zero-order valence-corrected chi connectivity index (χ0v) is 17.6. The van der Waals surface area contributed by atoms with Crippen LogP contribution in [0.15, 0.2) is 71.5 Å². The summed E-state index contributed by atoms with van der Waals surface area (Å²) in [6.07, 6.45) is 4.39. The molecule has 1 aliphatic rings. The molecule has 1 fully saturated rings. The quantitative estimate of drug-likeness (QED) is 0.482. The van der Waals surface area contributed by atoms with Gasteiger partial charge in [0.05, 0.1) is 11.0 Å². The zero-order chi connectivity index (χ0) is 20.5. The maximum atomic E-state index is 12.6. The molecule has 4 heteroatoms. The average Bonchev–Trinajstić information content (AvgIpc) is 3.13.